The zero-order chi connectivity index (χ0) is 23.3. The maximum absolute atomic E-state index is 12.7. The number of anilines is 1. The highest BCUT2D eigenvalue weighted by molar-refractivity contribution is 7.88. The summed E-state index contributed by atoms with van der Waals surface area (Å²) in [4.78, 5) is 15.1. The standard InChI is InChI=1S/C24H32ClN3O3S/c1-18-7-6-14-27(15-18)22-12-10-20(11-13-22)19(2)26-24(29)17-28(32(3,30)31)16-21-8-4-5-9-23(21)25/h4-5,8-13,18-19H,6-7,14-17H2,1-3H3,(H,26,29)/t18-,19-/m1/s1. The van der Waals surface area contributed by atoms with E-state index >= 15 is 0 Å². The molecule has 2 aromatic rings. The van der Waals surface area contributed by atoms with Crippen LogP contribution < -0.4 is 10.2 Å². The first-order valence-electron chi connectivity index (χ1n) is 11.0. The first-order chi connectivity index (χ1) is 15.1. The lowest BCUT2D eigenvalue weighted by molar-refractivity contribution is -0.122. The Labute approximate surface area is 196 Å². The first-order valence-corrected chi connectivity index (χ1v) is 13.2. The molecule has 8 heteroatoms. The topological polar surface area (TPSA) is 69.7 Å². The maximum atomic E-state index is 12.7. The van der Waals surface area contributed by atoms with Gasteiger partial charge in [0.15, 0.2) is 0 Å². The van der Waals surface area contributed by atoms with Crippen molar-refractivity contribution >= 4 is 33.2 Å². The Hall–Kier alpha value is -2.09. The van der Waals surface area contributed by atoms with E-state index in [-0.39, 0.29) is 25.0 Å². The quantitative estimate of drug-likeness (QED) is 0.618. The van der Waals surface area contributed by atoms with E-state index in [1.165, 1.54) is 18.5 Å². The molecule has 0 radical (unpaired) electrons. The van der Waals surface area contributed by atoms with Crippen LogP contribution in [-0.2, 0) is 21.4 Å². The number of nitrogens with one attached hydrogen (secondary N) is 1. The molecule has 0 bridgehead atoms. The number of carbonyl (C=O) groups is 1. The molecule has 6 nitrogen and oxygen atoms in total. The Bertz CT molecular complexity index is 1030. The van der Waals surface area contributed by atoms with Crippen molar-refractivity contribution in [2.45, 2.75) is 39.3 Å². The number of sulfonamides is 1. The van der Waals surface area contributed by atoms with Gasteiger partial charge in [0, 0.05) is 30.3 Å². The van der Waals surface area contributed by atoms with Crippen LogP contribution in [0, 0.1) is 5.92 Å². The summed E-state index contributed by atoms with van der Waals surface area (Å²) >= 11 is 6.17. The van der Waals surface area contributed by atoms with Crippen molar-refractivity contribution in [3.63, 3.8) is 0 Å². The molecule has 2 atom stereocenters. The Morgan fingerprint density at radius 3 is 2.53 bits per heavy atom. The third-order valence-corrected chi connectivity index (χ3v) is 7.45. The number of nitrogens with zero attached hydrogens (tertiary/aromatic N) is 2. The van der Waals surface area contributed by atoms with Gasteiger partial charge in [0.1, 0.15) is 0 Å². The molecule has 0 aliphatic carbocycles. The molecule has 0 spiro atoms. The van der Waals surface area contributed by atoms with Gasteiger partial charge < -0.3 is 10.2 Å². The molecule has 1 heterocycles. The van der Waals surface area contributed by atoms with E-state index in [1.807, 2.05) is 19.1 Å². The van der Waals surface area contributed by atoms with Gasteiger partial charge in [-0.1, -0.05) is 48.9 Å². The van der Waals surface area contributed by atoms with Crippen molar-refractivity contribution in [1.82, 2.24) is 9.62 Å². The second-order valence-electron chi connectivity index (χ2n) is 8.70. The van der Waals surface area contributed by atoms with E-state index in [1.54, 1.807) is 24.3 Å². The molecule has 0 aromatic heterocycles. The molecule has 1 aliphatic rings. The number of amides is 1. The van der Waals surface area contributed by atoms with Gasteiger partial charge in [-0.2, -0.15) is 4.31 Å². The fourth-order valence-electron chi connectivity index (χ4n) is 4.04. The Balaban J connectivity index is 1.61. The van der Waals surface area contributed by atoms with Crippen LogP contribution in [0.5, 0.6) is 0 Å². The van der Waals surface area contributed by atoms with E-state index in [9.17, 15) is 13.2 Å². The van der Waals surface area contributed by atoms with Gasteiger partial charge in [-0.3, -0.25) is 4.79 Å². The predicted octanol–water partition coefficient (Wildman–Crippen LogP) is 4.22. The number of halogens is 1. The van der Waals surface area contributed by atoms with Crippen LogP contribution in [0.25, 0.3) is 0 Å². The molecule has 0 unspecified atom stereocenters. The molecular weight excluding hydrogens is 446 g/mol. The molecule has 1 fully saturated rings. The SMILES string of the molecule is C[C@@H]1CCCN(c2ccc([C@@H](C)NC(=O)CN(Cc3ccccc3Cl)S(C)(=O)=O)cc2)C1. The highest BCUT2D eigenvalue weighted by atomic mass is 35.5. The van der Waals surface area contributed by atoms with E-state index in [4.69, 9.17) is 11.6 Å². The minimum Gasteiger partial charge on any atom is -0.371 e. The van der Waals surface area contributed by atoms with Crippen LogP contribution in [0.4, 0.5) is 5.69 Å². The van der Waals surface area contributed by atoms with Gasteiger partial charge in [0.25, 0.3) is 0 Å². The van der Waals surface area contributed by atoms with E-state index < -0.39 is 10.0 Å². The van der Waals surface area contributed by atoms with Gasteiger partial charge in [-0.15, -0.1) is 0 Å². The highest BCUT2D eigenvalue weighted by Crippen LogP contribution is 2.25. The summed E-state index contributed by atoms with van der Waals surface area (Å²) in [5, 5.41) is 3.38. The summed E-state index contributed by atoms with van der Waals surface area (Å²) < 4.78 is 25.6. The zero-order valence-corrected chi connectivity index (χ0v) is 20.5. The molecule has 32 heavy (non-hydrogen) atoms. The maximum Gasteiger partial charge on any atom is 0.235 e. The van der Waals surface area contributed by atoms with Crippen LogP contribution in [0.1, 0.15) is 43.9 Å². The van der Waals surface area contributed by atoms with Gasteiger partial charge in [0.05, 0.1) is 18.8 Å². The smallest absolute Gasteiger partial charge is 0.235 e. The molecular formula is C24H32ClN3O3S. The number of piperidine rings is 1. The number of benzene rings is 2. The third kappa shape index (κ3) is 6.70. The van der Waals surface area contributed by atoms with Crippen molar-refractivity contribution in [2.75, 3.05) is 30.8 Å². The fourth-order valence-corrected chi connectivity index (χ4v) is 4.96. The Morgan fingerprint density at radius 2 is 1.91 bits per heavy atom. The van der Waals surface area contributed by atoms with Crippen LogP contribution in [0.3, 0.4) is 0 Å². The van der Waals surface area contributed by atoms with Crippen molar-refractivity contribution in [2.24, 2.45) is 5.92 Å². The van der Waals surface area contributed by atoms with Crippen molar-refractivity contribution in [3.05, 3.63) is 64.7 Å². The molecule has 0 saturated carbocycles. The van der Waals surface area contributed by atoms with Gasteiger partial charge in [-0.05, 0) is 55.0 Å². The second-order valence-corrected chi connectivity index (χ2v) is 11.1. The van der Waals surface area contributed by atoms with Crippen molar-refractivity contribution < 1.29 is 13.2 Å². The van der Waals surface area contributed by atoms with Crippen molar-refractivity contribution in [3.8, 4) is 0 Å². The third-order valence-electron chi connectivity index (χ3n) is 5.89. The fraction of sp³-hybridized carbons (Fsp3) is 0.458. The van der Waals surface area contributed by atoms with E-state index in [0.717, 1.165) is 29.2 Å². The van der Waals surface area contributed by atoms with E-state index in [2.05, 4.69) is 29.3 Å². The predicted molar refractivity (Wildman–Crippen MR) is 130 cm³/mol. The number of hydrogen-bond donors (Lipinski definition) is 1. The molecule has 174 valence electrons. The van der Waals surface area contributed by atoms with Crippen LogP contribution >= 0.6 is 11.6 Å². The lowest BCUT2D eigenvalue weighted by Crippen LogP contribution is -2.40. The normalized spacial score (nSPS) is 17.9. The van der Waals surface area contributed by atoms with Crippen molar-refractivity contribution in [1.29, 1.82) is 0 Å². The molecule has 3 rings (SSSR count). The minimum atomic E-state index is -3.59. The summed E-state index contributed by atoms with van der Waals surface area (Å²) in [6, 6.07) is 15.0. The minimum absolute atomic E-state index is 0.0449. The number of carbonyl (C=O) groups excluding carboxylic acids is 1. The number of rotatable bonds is 8. The molecule has 1 amide bonds. The highest BCUT2D eigenvalue weighted by Gasteiger charge is 2.23. The average molecular weight is 478 g/mol. The lowest BCUT2D eigenvalue weighted by atomic mass is 9.99. The van der Waals surface area contributed by atoms with E-state index in [0.29, 0.717) is 16.5 Å². The molecule has 1 aliphatic heterocycles. The summed E-state index contributed by atoms with van der Waals surface area (Å²) in [6.07, 6.45) is 3.58. The Morgan fingerprint density at radius 1 is 1.22 bits per heavy atom. The summed E-state index contributed by atoms with van der Waals surface area (Å²) in [6.45, 7) is 6.10. The largest absolute Gasteiger partial charge is 0.371 e. The summed E-state index contributed by atoms with van der Waals surface area (Å²) in [5.74, 6) is 0.342. The number of hydrogen-bond acceptors (Lipinski definition) is 4. The van der Waals surface area contributed by atoms with Gasteiger partial charge in [0.2, 0.25) is 15.9 Å². The summed E-state index contributed by atoms with van der Waals surface area (Å²) in [5.41, 5.74) is 2.83. The van der Waals surface area contributed by atoms with Crippen LogP contribution in [0.2, 0.25) is 5.02 Å². The average Bonchev–Trinajstić information content (AvgIpc) is 2.74. The monoisotopic (exact) mass is 477 g/mol. The second kappa shape index (κ2) is 10.7. The lowest BCUT2D eigenvalue weighted by Gasteiger charge is -2.33. The first kappa shape index (κ1) is 24.6. The zero-order valence-electron chi connectivity index (χ0n) is 18.9. The van der Waals surface area contributed by atoms with Gasteiger partial charge in [-0.25, -0.2) is 8.42 Å². The molecule has 1 saturated heterocycles. The Kier molecular flexibility index (Phi) is 8.20. The summed E-state index contributed by atoms with van der Waals surface area (Å²) in [7, 11) is -3.59. The molecule has 2 aromatic carbocycles. The van der Waals surface area contributed by atoms with Gasteiger partial charge >= 0.3 is 0 Å². The molecule has 1 N–H and O–H groups in total. The van der Waals surface area contributed by atoms with Crippen LogP contribution in [0.15, 0.2) is 48.5 Å². The van der Waals surface area contributed by atoms with Crippen LogP contribution in [-0.4, -0.2) is 44.5 Å².